The minimum absolute atomic E-state index is 0.793. The Morgan fingerprint density at radius 2 is 2.00 bits per heavy atom. The number of hydrogen-bond donors (Lipinski definition) is 1. The van der Waals surface area contributed by atoms with E-state index in [1.807, 2.05) is 26.8 Å². The lowest BCUT2D eigenvalue weighted by Gasteiger charge is -2.01. The van der Waals surface area contributed by atoms with Crippen LogP contribution in [0, 0.1) is 0 Å². The Labute approximate surface area is 87.1 Å². The third-order valence-electron chi connectivity index (χ3n) is 1.60. The summed E-state index contributed by atoms with van der Waals surface area (Å²) in [5.74, 6) is 0.793. The van der Waals surface area contributed by atoms with Crippen LogP contribution in [0.25, 0.3) is 5.57 Å². The van der Waals surface area contributed by atoms with E-state index in [2.05, 4.69) is 37.4 Å². The fourth-order valence-corrected chi connectivity index (χ4v) is 1.13. The summed E-state index contributed by atoms with van der Waals surface area (Å²) in [6.45, 7) is 9.89. The van der Waals surface area contributed by atoms with E-state index in [-0.39, 0.29) is 0 Å². The summed E-state index contributed by atoms with van der Waals surface area (Å²) in [4.78, 5) is 0. The van der Waals surface area contributed by atoms with Crippen molar-refractivity contribution >= 4 is 18.2 Å². The Kier molecular flexibility index (Phi) is 6.43. The maximum Gasteiger partial charge on any atom is 0.0154 e. The van der Waals surface area contributed by atoms with Crippen molar-refractivity contribution in [2.24, 2.45) is 0 Å². The van der Waals surface area contributed by atoms with Crippen LogP contribution in [-0.2, 0) is 5.75 Å². The normalized spacial score (nSPS) is 8.62. The van der Waals surface area contributed by atoms with Crippen molar-refractivity contribution in [1.29, 1.82) is 0 Å². The third-order valence-corrected chi connectivity index (χ3v) is 1.97. The molecule has 0 radical (unpaired) electrons. The minimum atomic E-state index is 0.793. The highest BCUT2D eigenvalue weighted by Crippen LogP contribution is 2.13. The summed E-state index contributed by atoms with van der Waals surface area (Å²) in [5, 5.41) is 0. The number of rotatable bonds is 2. The molecule has 0 saturated carbocycles. The van der Waals surface area contributed by atoms with E-state index in [0.29, 0.717) is 0 Å². The van der Waals surface area contributed by atoms with Gasteiger partial charge in [0.2, 0.25) is 0 Å². The fraction of sp³-hybridized carbons (Fsp3) is 0.333. The topological polar surface area (TPSA) is 0 Å². The van der Waals surface area contributed by atoms with E-state index in [0.717, 1.165) is 11.3 Å². The van der Waals surface area contributed by atoms with Crippen LogP contribution >= 0.6 is 12.6 Å². The fourth-order valence-electron chi connectivity index (χ4n) is 0.935. The van der Waals surface area contributed by atoms with E-state index in [9.17, 15) is 0 Å². The highest BCUT2D eigenvalue weighted by atomic mass is 32.1. The zero-order valence-electron chi connectivity index (χ0n) is 8.67. The van der Waals surface area contributed by atoms with E-state index in [1.165, 1.54) is 11.1 Å². The standard InChI is InChI=1S/C10H12S.C2H6/c1-8(2)10-5-3-4-9(6-10)7-11;1-2/h3-6,11H,1,7H2,2H3;1-2H3. The Bertz CT molecular complexity index is 264. The van der Waals surface area contributed by atoms with Crippen molar-refractivity contribution in [3.05, 3.63) is 42.0 Å². The molecule has 0 amide bonds. The van der Waals surface area contributed by atoms with Gasteiger partial charge in [0, 0.05) is 5.75 Å². The lowest BCUT2D eigenvalue weighted by atomic mass is 10.1. The van der Waals surface area contributed by atoms with Gasteiger partial charge in [-0.25, -0.2) is 0 Å². The van der Waals surface area contributed by atoms with Gasteiger partial charge < -0.3 is 0 Å². The molecule has 0 saturated heterocycles. The Balaban J connectivity index is 0.000000671. The molecule has 0 atom stereocenters. The average molecular weight is 194 g/mol. The first-order valence-corrected chi connectivity index (χ1v) is 5.23. The first kappa shape index (κ1) is 12.3. The van der Waals surface area contributed by atoms with E-state index in [4.69, 9.17) is 0 Å². The molecule has 72 valence electrons. The number of thiol groups is 1. The van der Waals surface area contributed by atoms with Crippen molar-refractivity contribution in [2.75, 3.05) is 0 Å². The molecule has 0 unspecified atom stereocenters. The summed E-state index contributed by atoms with van der Waals surface area (Å²) < 4.78 is 0. The second-order valence-electron chi connectivity index (χ2n) is 2.64. The van der Waals surface area contributed by atoms with Gasteiger partial charge in [0.25, 0.3) is 0 Å². The Morgan fingerprint density at radius 3 is 2.46 bits per heavy atom. The summed E-state index contributed by atoms with van der Waals surface area (Å²) in [5.41, 5.74) is 3.55. The van der Waals surface area contributed by atoms with Crippen LogP contribution in [-0.4, -0.2) is 0 Å². The van der Waals surface area contributed by atoms with Crippen molar-refractivity contribution in [1.82, 2.24) is 0 Å². The van der Waals surface area contributed by atoms with Crippen LogP contribution in [0.1, 0.15) is 31.9 Å². The molecule has 1 aromatic rings. The zero-order chi connectivity index (χ0) is 10.3. The molecule has 1 aromatic carbocycles. The SMILES string of the molecule is C=C(C)c1cccc(CS)c1.CC. The first-order chi connectivity index (χ1) is 6.24. The minimum Gasteiger partial charge on any atom is -0.175 e. The molecule has 0 spiro atoms. The molecule has 0 aliphatic rings. The molecule has 0 fully saturated rings. The molecule has 0 N–H and O–H groups in total. The third kappa shape index (κ3) is 4.18. The number of hydrogen-bond acceptors (Lipinski definition) is 1. The van der Waals surface area contributed by atoms with Crippen LogP contribution in [0.3, 0.4) is 0 Å². The van der Waals surface area contributed by atoms with Gasteiger partial charge in [-0.1, -0.05) is 50.3 Å². The molecule has 0 aliphatic heterocycles. The van der Waals surface area contributed by atoms with Crippen LogP contribution in [0.2, 0.25) is 0 Å². The second kappa shape index (κ2) is 6.79. The van der Waals surface area contributed by atoms with Gasteiger partial charge in [-0.2, -0.15) is 12.6 Å². The summed E-state index contributed by atoms with van der Waals surface area (Å²) >= 11 is 4.20. The smallest absolute Gasteiger partial charge is 0.0154 e. The van der Waals surface area contributed by atoms with Gasteiger partial charge in [0.05, 0.1) is 0 Å². The van der Waals surface area contributed by atoms with Crippen molar-refractivity contribution in [3.63, 3.8) is 0 Å². The molecule has 0 heterocycles. The summed E-state index contributed by atoms with van der Waals surface area (Å²) in [6, 6.07) is 8.29. The van der Waals surface area contributed by atoms with Crippen LogP contribution < -0.4 is 0 Å². The highest BCUT2D eigenvalue weighted by Gasteiger charge is 1.93. The maximum absolute atomic E-state index is 4.20. The molecule has 0 aromatic heterocycles. The summed E-state index contributed by atoms with van der Waals surface area (Å²) in [7, 11) is 0. The molecular formula is C12H18S. The van der Waals surface area contributed by atoms with Crippen molar-refractivity contribution in [3.8, 4) is 0 Å². The largest absolute Gasteiger partial charge is 0.175 e. The Hall–Kier alpha value is -0.690. The zero-order valence-corrected chi connectivity index (χ0v) is 9.57. The number of benzene rings is 1. The van der Waals surface area contributed by atoms with Gasteiger partial charge in [0.1, 0.15) is 0 Å². The van der Waals surface area contributed by atoms with Crippen LogP contribution in [0.5, 0.6) is 0 Å². The monoisotopic (exact) mass is 194 g/mol. The van der Waals surface area contributed by atoms with E-state index < -0.39 is 0 Å². The molecule has 1 rings (SSSR count). The van der Waals surface area contributed by atoms with Crippen LogP contribution in [0.4, 0.5) is 0 Å². The molecule has 13 heavy (non-hydrogen) atoms. The van der Waals surface area contributed by atoms with E-state index >= 15 is 0 Å². The molecule has 0 bridgehead atoms. The average Bonchev–Trinajstić information content (AvgIpc) is 2.21. The molecule has 0 nitrogen and oxygen atoms in total. The van der Waals surface area contributed by atoms with Gasteiger partial charge in [0.15, 0.2) is 0 Å². The van der Waals surface area contributed by atoms with Gasteiger partial charge >= 0.3 is 0 Å². The first-order valence-electron chi connectivity index (χ1n) is 4.59. The predicted molar refractivity (Wildman–Crippen MR) is 65.2 cm³/mol. The van der Waals surface area contributed by atoms with Gasteiger partial charge in [-0.05, 0) is 18.1 Å². The summed E-state index contributed by atoms with van der Waals surface area (Å²) in [6.07, 6.45) is 0. The number of allylic oxidation sites excluding steroid dienone is 1. The molecular weight excluding hydrogens is 176 g/mol. The lowest BCUT2D eigenvalue weighted by molar-refractivity contribution is 1.40. The predicted octanol–water partition coefficient (Wildman–Crippen LogP) is 4.18. The Morgan fingerprint density at radius 1 is 1.38 bits per heavy atom. The van der Waals surface area contributed by atoms with Crippen molar-refractivity contribution < 1.29 is 0 Å². The highest BCUT2D eigenvalue weighted by molar-refractivity contribution is 7.79. The van der Waals surface area contributed by atoms with Gasteiger partial charge in [-0.15, -0.1) is 0 Å². The quantitative estimate of drug-likeness (QED) is 0.671. The second-order valence-corrected chi connectivity index (χ2v) is 2.96. The maximum atomic E-state index is 4.20. The van der Waals surface area contributed by atoms with Gasteiger partial charge in [-0.3, -0.25) is 0 Å². The van der Waals surface area contributed by atoms with Crippen molar-refractivity contribution in [2.45, 2.75) is 26.5 Å². The lowest BCUT2D eigenvalue weighted by Crippen LogP contribution is -1.81. The molecule has 0 aliphatic carbocycles. The van der Waals surface area contributed by atoms with Crippen LogP contribution in [0.15, 0.2) is 30.8 Å². The van der Waals surface area contributed by atoms with E-state index in [1.54, 1.807) is 0 Å². The molecule has 1 heteroatoms.